The van der Waals surface area contributed by atoms with Crippen LogP contribution < -0.4 is 10.6 Å². The first-order chi connectivity index (χ1) is 10.1. The monoisotopic (exact) mass is 299 g/mol. The van der Waals surface area contributed by atoms with Crippen LogP contribution in [-0.2, 0) is 9.53 Å². The van der Waals surface area contributed by atoms with Gasteiger partial charge < -0.3 is 15.4 Å². The number of likely N-dealkylation sites (N-methyl/N-ethyl adjacent to an activating group) is 1. The zero-order chi connectivity index (χ0) is 15.7. The molecule has 0 saturated heterocycles. The number of ether oxygens (including phenoxy) is 1. The maximum atomic E-state index is 12.2. The lowest BCUT2D eigenvalue weighted by Gasteiger charge is -2.37. The summed E-state index contributed by atoms with van der Waals surface area (Å²) < 4.78 is 4.99. The molecule has 0 aromatic rings. The van der Waals surface area contributed by atoms with Crippen molar-refractivity contribution in [1.82, 2.24) is 15.5 Å². The predicted molar refractivity (Wildman–Crippen MR) is 86.4 cm³/mol. The fourth-order valence-electron chi connectivity index (χ4n) is 3.05. The first kappa shape index (κ1) is 18.4. The highest BCUT2D eigenvalue weighted by Crippen LogP contribution is 2.23. The average molecular weight is 299 g/mol. The van der Waals surface area contributed by atoms with Gasteiger partial charge in [0.1, 0.15) is 0 Å². The van der Waals surface area contributed by atoms with Crippen molar-refractivity contribution in [2.45, 2.75) is 64.1 Å². The van der Waals surface area contributed by atoms with E-state index in [2.05, 4.69) is 29.5 Å². The Hall–Kier alpha value is -0.650. The summed E-state index contributed by atoms with van der Waals surface area (Å²) in [5.41, 5.74) is 0. The molecule has 1 fully saturated rings. The molecule has 5 heteroatoms. The molecule has 0 aromatic carbocycles. The van der Waals surface area contributed by atoms with Crippen LogP contribution in [0, 0.1) is 0 Å². The third-order valence-corrected chi connectivity index (χ3v) is 4.58. The number of rotatable bonds is 9. The normalized spacial score (nSPS) is 24.0. The number of nitrogens with zero attached hydrogens (tertiary/aromatic N) is 1. The van der Waals surface area contributed by atoms with Crippen LogP contribution in [0.1, 0.15) is 46.0 Å². The summed E-state index contributed by atoms with van der Waals surface area (Å²) >= 11 is 0. The largest absolute Gasteiger partial charge is 0.385 e. The molecule has 0 radical (unpaired) electrons. The summed E-state index contributed by atoms with van der Waals surface area (Å²) in [7, 11) is 3.76. The van der Waals surface area contributed by atoms with Gasteiger partial charge in [0.2, 0.25) is 5.91 Å². The lowest BCUT2D eigenvalue weighted by atomic mass is 9.89. The van der Waals surface area contributed by atoms with Crippen molar-refractivity contribution in [1.29, 1.82) is 0 Å². The van der Waals surface area contributed by atoms with Crippen LogP contribution in [0.2, 0.25) is 0 Å². The summed E-state index contributed by atoms with van der Waals surface area (Å²) in [6.07, 6.45) is 5.65. The second-order valence-corrected chi connectivity index (χ2v) is 6.04. The number of hydrogen-bond acceptors (Lipinski definition) is 4. The van der Waals surface area contributed by atoms with Gasteiger partial charge in [0.25, 0.3) is 0 Å². The maximum absolute atomic E-state index is 12.2. The van der Waals surface area contributed by atoms with Crippen molar-refractivity contribution in [2.24, 2.45) is 0 Å². The smallest absolute Gasteiger partial charge is 0.237 e. The van der Waals surface area contributed by atoms with E-state index in [4.69, 9.17) is 4.74 Å². The third kappa shape index (κ3) is 6.32. The fraction of sp³-hybridized carbons (Fsp3) is 0.938. The molecular weight excluding hydrogens is 266 g/mol. The minimum Gasteiger partial charge on any atom is -0.385 e. The Labute approximate surface area is 129 Å². The number of methoxy groups -OCH3 is 1. The molecule has 1 saturated carbocycles. The lowest BCUT2D eigenvalue weighted by molar-refractivity contribution is -0.126. The Bertz CT molecular complexity index is 291. The Morgan fingerprint density at radius 2 is 2.00 bits per heavy atom. The molecular formula is C16H33N3O2. The number of carbonyl (C=O) groups excluding carboxylic acids is 1. The first-order valence-electron chi connectivity index (χ1n) is 8.32. The Morgan fingerprint density at radius 3 is 2.57 bits per heavy atom. The molecule has 0 bridgehead atoms. The van der Waals surface area contributed by atoms with E-state index in [1.165, 1.54) is 25.7 Å². The second-order valence-electron chi connectivity index (χ2n) is 6.04. The van der Waals surface area contributed by atoms with Crippen molar-refractivity contribution in [3.8, 4) is 0 Å². The zero-order valence-electron chi connectivity index (χ0n) is 14.2. The van der Waals surface area contributed by atoms with Gasteiger partial charge in [-0.2, -0.15) is 0 Å². The topological polar surface area (TPSA) is 53.6 Å². The van der Waals surface area contributed by atoms with E-state index in [9.17, 15) is 4.79 Å². The van der Waals surface area contributed by atoms with Crippen LogP contribution >= 0.6 is 0 Å². The van der Waals surface area contributed by atoms with Gasteiger partial charge in [0, 0.05) is 32.3 Å². The van der Waals surface area contributed by atoms with Crippen LogP contribution in [0.4, 0.5) is 0 Å². The van der Waals surface area contributed by atoms with Crippen molar-refractivity contribution in [2.75, 3.05) is 33.9 Å². The van der Waals surface area contributed by atoms with E-state index in [-0.39, 0.29) is 11.9 Å². The molecule has 1 atom stereocenters. The predicted octanol–water partition coefficient (Wildman–Crippen LogP) is 1.38. The molecule has 0 aromatic heterocycles. The Kier molecular flexibility index (Phi) is 8.88. The third-order valence-electron chi connectivity index (χ3n) is 4.58. The van der Waals surface area contributed by atoms with Gasteiger partial charge >= 0.3 is 0 Å². The van der Waals surface area contributed by atoms with Crippen molar-refractivity contribution in [3.63, 3.8) is 0 Å². The van der Waals surface area contributed by atoms with Crippen LogP contribution in [0.5, 0.6) is 0 Å². The Morgan fingerprint density at radius 1 is 1.33 bits per heavy atom. The summed E-state index contributed by atoms with van der Waals surface area (Å²) in [5.74, 6) is 0.127. The highest BCUT2D eigenvalue weighted by molar-refractivity contribution is 5.81. The van der Waals surface area contributed by atoms with Gasteiger partial charge in [0.05, 0.1) is 6.04 Å². The van der Waals surface area contributed by atoms with Gasteiger partial charge in [0.15, 0.2) is 0 Å². The summed E-state index contributed by atoms with van der Waals surface area (Å²) in [6, 6.07) is 1.13. The van der Waals surface area contributed by atoms with E-state index in [0.29, 0.717) is 25.2 Å². The van der Waals surface area contributed by atoms with Gasteiger partial charge in [-0.15, -0.1) is 0 Å². The molecule has 0 spiro atoms. The zero-order valence-corrected chi connectivity index (χ0v) is 14.2. The highest BCUT2D eigenvalue weighted by atomic mass is 16.5. The maximum Gasteiger partial charge on any atom is 0.237 e. The van der Waals surface area contributed by atoms with Gasteiger partial charge in [-0.25, -0.2) is 0 Å². The van der Waals surface area contributed by atoms with E-state index >= 15 is 0 Å². The molecule has 0 aliphatic heterocycles. The number of amides is 1. The summed E-state index contributed by atoms with van der Waals surface area (Å²) in [6.45, 7) is 6.60. The molecule has 1 aliphatic carbocycles. The SMILES string of the molecule is CCNC1CCC(N(C)C(C)C(=O)NCCCOC)CC1. The van der Waals surface area contributed by atoms with Crippen molar-refractivity contribution in [3.05, 3.63) is 0 Å². The average Bonchev–Trinajstić information content (AvgIpc) is 2.51. The van der Waals surface area contributed by atoms with Crippen LogP contribution in [-0.4, -0.2) is 62.8 Å². The van der Waals surface area contributed by atoms with E-state index in [1.807, 2.05) is 6.92 Å². The molecule has 1 aliphatic rings. The van der Waals surface area contributed by atoms with Crippen molar-refractivity contribution < 1.29 is 9.53 Å². The quantitative estimate of drug-likeness (QED) is 0.632. The lowest BCUT2D eigenvalue weighted by Crippen LogP contribution is -2.50. The van der Waals surface area contributed by atoms with E-state index in [1.54, 1.807) is 7.11 Å². The van der Waals surface area contributed by atoms with Crippen LogP contribution in [0.15, 0.2) is 0 Å². The van der Waals surface area contributed by atoms with E-state index in [0.717, 1.165) is 13.0 Å². The van der Waals surface area contributed by atoms with E-state index < -0.39 is 0 Å². The first-order valence-corrected chi connectivity index (χ1v) is 8.32. The molecule has 124 valence electrons. The fourth-order valence-corrected chi connectivity index (χ4v) is 3.05. The molecule has 1 amide bonds. The minimum absolute atomic E-state index is 0.0618. The second kappa shape index (κ2) is 10.1. The summed E-state index contributed by atoms with van der Waals surface area (Å²) in [4.78, 5) is 14.4. The summed E-state index contributed by atoms with van der Waals surface area (Å²) in [5, 5.41) is 6.52. The molecule has 21 heavy (non-hydrogen) atoms. The number of nitrogens with one attached hydrogen (secondary N) is 2. The molecule has 1 unspecified atom stereocenters. The van der Waals surface area contributed by atoms with Gasteiger partial charge in [-0.1, -0.05) is 6.92 Å². The van der Waals surface area contributed by atoms with Crippen LogP contribution in [0.25, 0.3) is 0 Å². The molecule has 5 nitrogen and oxygen atoms in total. The number of hydrogen-bond donors (Lipinski definition) is 2. The number of carbonyl (C=O) groups is 1. The molecule has 0 heterocycles. The minimum atomic E-state index is -0.0618. The van der Waals surface area contributed by atoms with Gasteiger partial charge in [-0.3, -0.25) is 9.69 Å². The standard InChI is InChI=1S/C16H33N3O2/c1-5-17-14-7-9-15(10-8-14)19(3)13(2)16(20)18-11-6-12-21-4/h13-15,17H,5-12H2,1-4H3,(H,18,20). The van der Waals surface area contributed by atoms with Crippen LogP contribution in [0.3, 0.4) is 0 Å². The Balaban J connectivity index is 2.30. The van der Waals surface area contributed by atoms with Crippen molar-refractivity contribution >= 4 is 5.91 Å². The highest BCUT2D eigenvalue weighted by Gasteiger charge is 2.28. The molecule has 2 N–H and O–H groups in total. The molecule has 1 rings (SSSR count). The van der Waals surface area contributed by atoms with Gasteiger partial charge in [-0.05, 0) is 52.6 Å².